The van der Waals surface area contributed by atoms with Crippen molar-refractivity contribution in [2.75, 3.05) is 26.5 Å². The second kappa shape index (κ2) is 9.87. The zero-order valence-corrected chi connectivity index (χ0v) is 16.0. The number of likely N-dealkylation sites (N-methyl/N-ethyl adjacent to an activating group) is 1. The molecule has 2 aromatic carbocycles. The Balaban J connectivity index is 1.98. The highest BCUT2D eigenvalue weighted by Gasteiger charge is 2.18. The summed E-state index contributed by atoms with van der Waals surface area (Å²) in [6, 6.07) is 14.9. The molecular formula is C20H23NO4S. The fraction of sp³-hybridized carbons (Fsp3) is 0.300. The van der Waals surface area contributed by atoms with Crippen LogP contribution >= 0.6 is 11.8 Å². The van der Waals surface area contributed by atoms with Crippen molar-refractivity contribution in [3.63, 3.8) is 0 Å². The summed E-state index contributed by atoms with van der Waals surface area (Å²) in [4.78, 5) is 27.3. The molecule has 0 saturated carbocycles. The minimum absolute atomic E-state index is 0.232. The molecule has 2 aromatic rings. The van der Waals surface area contributed by atoms with Crippen LogP contribution in [-0.2, 0) is 16.1 Å². The van der Waals surface area contributed by atoms with E-state index in [9.17, 15) is 9.59 Å². The molecule has 138 valence electrons. The van der Waals surface area contributed by atoms with Gasteiger partial charge in [0.2, 0.25) is 0 Å². The first kappa shape index (κ1) is 19.8. The van der Waals surface area contributed by atoms with E-state index in [1.807, 2.05) is 49.6 Å². The van der Waals surface area contributed by atoms with Crippen LogP contribution in [0.3, 0.4) is 0 Å². The van der Waals surface area contributed by atoms with Crippen molar-refractivity contribution in [2.45, 2.75) is 18.4 Å². The summed E-state index contributed by atoms with van der Waals surface area (Å²) < 4.78 is 10.5. The van der Waals surface area contributed by atoms with Crippen molar-refractivity contribution in [1.29, 1.82) is 0 Å². The maximum atomic E-state index is 12.4. The van der Waals surface area contributed by atoms with E-state index in [0.717, 1.165) is 10.5 Å². The lowest BCUT2D eigenvalue weighted by Gasteiger charge is -2.21. The van der Waals surface area contributed by atoms with Crippen molar-refractivity contribution in [3.8, 4) is 5.75 Å². The Bertz CT molecular complexity index is 749. The Hall–Kier alpha value is -2.47. The minimum Gasteiger partial charge on any atom is -0.496 e. The van der Waals surface area contributed by atoms with E-state index in [4.69, 9.17) is 9.47 Å². The van der Waals surface area contributed by atoms with Crippen LogP contribution in [0.4, 0.5) is 0 Å². The number of nitrogens with zero attached hydrogens (tertiary/aromatic N) is 1. The number of hydrogen-bond donors (Lipinski definition) is 0. The third kappa shape index (κ3) is 5.26. The van der Waals surface area contributed by atoms with Gasteiger partial charge in [-0.15, -0.1) is 11.8 Å². The van der Waals surface area contributed by atoms with Gasteiger partial charge in [0.25, 0.3) is 5.91 Å². The highest BCUT2D eigenvalue weighted by atomic mass is 32.2. The standard InChI is InChI=1S/C20H23NO4S/c1-4-21(13-15-8-6-5-7-9-15)19(22)14-25-20(23)17-11-10-16(26-3)12-18(17)24-2/h5-12H,4,13-14H2,1-3H3. The summed E-state index contributed by atoms with van der Waals surface area (Å²) in [6.45, 7) is 2.62. The first-order valence-electron chi connectivity index (χ1n) is 8.29. The Kier molecular flexibility index (Phi) is 7.53. The Morgan fingerprint density at radius 2 is 1.85 bits per heavy atom. The van der Waals surface area contributed by atoms with Gasteiger partial charge in [0.05, 0.1) is 7.11 Å². The van der Waals surface area contributed by atoms with Crippen LogP contribution in [0, 0.1) is 0 Å². The van der Waals surface area contributed by atoms with Crippen molar-refractivity contribution in [1.82, 2.24) is 4.90 Å². The number of methoxy groups -OCH3 is 1. The lowest BCUT2D eigenvalue weighted by Crippen LogP contribution is -2.34. The monoisotopic (exact) mass is 373 g/mol. The zero-order valence-electron chi connectivity index (χ0n) is 15.2. The number of carbonyl (C=O) groups excluding carboxylic acids is 2. The normalized spacial score (nSPS) is 10.3. The Labute approximate surface area is 158 Å². The van der Waals surface area contributed by atoms with Crippen LogP contribution in [0.25, 0.3) is 0 Å². The van der Waals surface area contributed by atoms with Crippen LogP contribution in [0.15, 0.2) is 53.4 Å². The summed E-state index contributed by atoms with van der Waals surface area (Å²) in [6.07, 6.45) is 1.94. The number of thioether (sulfide) groups is 1. The molecule has 2 rings (SSSR count). The molecule has 0 aliphatic heterocycles. The highest BCUT2D eigenvalue weighted by Crippen LogP contribution is 2.25. The predicted octanol–water partition coefficient (Wildman–Crippen LogP) is 3.62. The SMILES string of the molecule is CCN(Cc1ccccc1)C(=O)COC(=O)c1ccc(SC)cc1OC. The van der Waals surface area contributed by atoms with E-state index in [1.54, 1.807) is 28.8 Å². The summed E-state index contributed by atoms with van der Waals surface area (Å²) in [7, 11) is 1.50. The van der Waals surface area contributed by atoms with E-state index in [0.29, 0.717) is 24.4 Å². The van der Waals surface area contributed by atoms with E-state index in [2.05, 4.69) is 0 Å². The van der Waals surface area contributed by atoms with E-state index in [-0.39, 0.29) is 12.5 Å². The smallest absolute Gasteiger partial charge is 0.342 e. The topological polar surface area (TPSA) is 55.8 Å². The van der Waals surface area contributed by atoms with Gasteiger partial charge < -0.3 is 14.4 Å². The van der Waals surface area contributed by atoms with E-state index >= 15 is 0 Å². The van der Waals surface area contributed by atoms with Crippen LogP contribution in [0.1, 0.15) is 22.8 Å². The molecule has 0 aliphatic rings. The van der Waals surface area contributed by atoms with Crippen LogP contribution in [0.5, 0.6) is 5.75 Å². The molecule has 0 spiro atoms. The van der Waals surface area contributed by atoms with Gasteiger partial charge in [0.15, 0.2) is 6.61 Å². The largest absolute Gasteiger partial charge is 0.496 e. The van der Waals surface area contributed by atoms with Gasteiger partial charge in [-0.2, -0.15) is 0 Å². The van der Waals surface area contributed by atoms with Crippen LogP contribution in [0.2, 0.25) is 0 Å². The maximum Gasteiger partial charge on any atom is 0.342 e. The third-order valence-corrected chi connectivity index (χ3v) is 4.63. The molecule has 0 atom stereocenters. The van der Waals surface area contributed by atoms with E-state index in [1.165, 1.54) is 7.11 Å². The number of hydrogen-bond acceptors (Lipinski definition) is 5. The summed E-state index contributed by atoms with van der Waals surface area (Å²) in [5.41, 5.74) is 1.34. The van der Waals surface area contributed by atoms with Gasteiger partial charge >= 0.3 is 5.97 Å². The maximum absolute atomic E-state index is 12.4. The molecule has 6 heteroatoms. The fourth-order valence-electron chi connectivity index (χ4n) is 2.44. The van der Waals surface area contributed by atoms with Gasteiger partial charge in [-0.3, -0.25) is 4.79 Å². The molecule has 26 heavy (non-hydrogen) atoms. The molecule has 0 heterocycles. The number of rotatable bonds is 8. The first-order chi connectivity index (χ1) is 12.6. The van der Waals surface area contributed by atoms with Gasteiger partial charge in [-0.1, -0.05) is 30.3 Å². The van der Waals surface area contributed by atoms with Crippen molar-refractivity contribution in [2.24, 2.45) is 0 Å². The molecule has 0 unspecified atom stereocenters. The van der Waals surface area contributed by atoms with Crippen LogP contribution < -0.4 is 4.74 Å². The van der Waals surface area contributed by atoms with E-state index < -0.39 is 5.97 Å². The average Bonchev–Trinajstić information content (AvgIpc) is 2.70. The molecule has 5 nitrogen and oxygen atoms in total. The number of benzene rings is 2. The minimum atomic E-state index is -0.571. The number of carbonyl (C=O) groups is 2. The molecule has 0 radical (unpaired) electrons. The van der Waals surface area contributed by atoms with Gasteiger partial charge in [-0.25, -0.2) is 4.79 Å². The number of amides is 1. The fourth-order valence-corrected chi connectivity index (χ4v) is 2.87. The molecule has 0 N–H and O–H groups in total. The third-order valence-electron chi connectivity index (χ3n) is 3.91. The molecule has 0 aliphatic carbocycles. The lowest BCUT2D eigenvalue weighted by atomic mass is 10.2. The number of esters is 1. The quantitative estimate of drug-likeness (QED) is 0.522. The first-order valence-corrected chi connectivity index (χ1v) is 9.52. The molecule has 1 amide bonds. The summed E-state index contributed by atoms with van der Waals surface area (Å²) in [5, 5.41) is 0. The molecule has 0 saturated heterocycles. The Morgan fingerprint density at radius 3 is 2.46 bits per heavy atom. The second-order valence-corrected chi connectivity index (χ2v) is 6.42. The van der Waals surface area contributed by atoms with Crippen molar-refractivity contribution in [3.05, 3.63) is 59.7 Å². The molecule has 0 fully saturated rings. The predicted molar refractivity (Wildman–Crippen MR) is 103 cm³/mol. The zero-order chi connectivity index (χ0) is 18.9. The molecule has 0 aromatic heterocycles. The Morgan fingerprint density at radius 1 is 1.12 bits per heavy atom. The van der Waals surface area contributed by atoms with Crippen molar-refractivity contribution >= 4 is 23.6 Å². The van der Waals surface area contributed by atoms with Crippen LogP contribution in [-0.4, -0.2) is 43.3 Å². The molecule has 0 bridgehead atoms. The molecular weight excluding hydrogens is 350 g/mol. The van der Waals surface area contributed by atoms with Gasteiger partial charge in [0.1, 0.15) is 11.3 Å². The summed E-state index contributed by atoms with van der Waals surface area (Å²) >= 11 is 1.55. The highest BCUT2D eigenvalue weighted by molar-refractivity contribution is 7.98. The number of ether oxygens (including phenoxy) is 2. The lowest BCUT2D eigenvalue weighted by molar-refractivity contribution is -0.134. The van der Waals surface area contributed by atoms with Gasteiger partial charge in [0, 0.05) is 18.0 Å². The average molecular weight is 373 g/mol. The summed E-state index contributed by atoms with van der Waals surface area (Å²) in [5.74, 6) is -0.367. The second-order valence-electron chi connectivity index (χ2n) is 5.54. The van der Waals surface area contributed by atoms with Gasteiger partial charge in [-0.05, 0) is 36.9 Å². The van der Waals surface area contributed by atoms with Crippen molar-refractivity contribution < 1.29 is 19.1 Å².